The summed E-state index contributed by atoms with van der Waals surface area (Å²) in [6.45, 7) is 5.08. The van der Waals surface area contributed by atoms with E-state index in [1.807, 2.05) is 0 Å². The molecule has 0 bridgehead atoms. The van der Waals surface area contributed by atoms with Crippen LogP contribution in [0.4, 0.5) is 5.82 Å². The Morgan fingerprint density at radius 1 is 1.05 bits per heavy atom. The van der Waals surface area contributed by atoms with Gasteiger partial charge in [-0.2, -0.15) is 9.97 Å². The molecule has 2 aromatic heterocycles. The number of nitrogens with zero attached hydrogens (tertiary/aromatic N) is 5. The summed E-state index contributed by atoms with van der Waals surface area (Å²) in [6, 6.07) is 8.67. The molecular weight excluding hydrogens is 566 g/mol. The van der Waals surface area contributed by atoms with Crippen molar-refractivity contribution >= 4 is 46.5 Å². The zero-order valence-electron chi connectivity index (χ0n) is 23.6. The molecule has 0 amide bonds. The monoisotopic (exact) mass is 597 g/mol. The van der Waals surface area contributed by atoms with E-state index in [9.17, 15) is 14.4 Å². The second-order valence-electron chi connectivity index (χ2n) is 11.1. The van der Waals surface area contributed by atoms with Crippen molar-refractivity contribution in [3.8, 4) is 0 Å². The van der Waals surface area contributed by atoms with E-state index >= 15 is 0 Å². The van der Waals surface area contributed by atoms with Crippen molar-refractivity contribution in [3.05, 3.63) is 47.0 Å². The Morgan fingerprint density at radius 3 is 2.57 bits per heavy atom. The average molecular weight is 598 g/mol. The van der Waals surface area contributed by atoms with E-state index in [4.69, 9.17) is 30.5 Å². The normalized spacial score (nSPS) is 26.8. The van der Waals surface area contributed by atoms with E-state index in [0.717, 1.165) is 38.8 Å². The predicted molar refractivity (Wildman–Crippen MR) is 150 cm³/mol. The first-order chi connectivity index (χ1) is 20.1. The highest BCUT2D eigenvalue weighted by Crippen LogP contribution is 2.46. The van der Waals surface area contributed by atoms with E-state index in [2.05, 4.69) is 44.1 Å². The lowest BCUT2D eigenvalue weighted by Gasteiger charge is -2.36. The van der Waals surface area contributed by atoms with E-state index < -0.39 is 42.4 Å². The quantitative estimate of drug-likeness (QED) is 0.235. The Hall–Kier alpha value is -3.77. The molecule has 5 atom stereocenters. The molecule has 3 aromatic rings. The highest BCUT2D eigenvalue weighted by Gasteiger charge is 2.51. The number of esters is 3. The zero-order chi connectivity index (χ0) is 29.6. The minimum absolute atomic E-state index is 0.0251. The van der Waals surface area contributed by atoms with Crippen LogP contribution < -0.4 is 4.90 Å². The first-order valence-electron chi connectivity index (χ1n) is 14.0. The van der Waals surface area contributed by atoms with E-state index in [1.54, 1.807) is 4.57 Å². The van der Waals surface area contributed by atoms with Gasteiger partial charge in [-0.05, 0) is 48.4 Å². The highest BCUT2D eigenvalue weighted by molar-refractivity contribution is 6.28. The van der Waals surface area contributed by atoms with Crippen LogP contribution in [0.5, 0.6) is 0 Å². The summed E-state index contributed by atoms with van der Waals surface area (Å²) in [4.78, 5) is 51.5. The van der Waals surface area contributed by atoms with Crippen LogP contribution in [0.2, 0.25) is 5.28 Å². The van der Waals surface area contributed by atoms with Crippen molar-refractivity contribution in [1.82, 2.24) is 19.5 Å². The van der Waals surface area contributed by atoms with Gasteiger partial charge >= 0.3 is 17.9 Å². The zero-order valence-corrected chi connectivity index (χ0v) is 24.4. The largest absolute Gasteiger partial charge is 0.463 e. The van der Waals surface area contributed by atoms with Crippen LogP contribution in [0, 0.1) is 0 Å². The number of anilines is 1. The Kier molecular flexibility index (Phi) is 7.52. The van der Waals surface area contributed by atoms with E-state index in [1.165, 1.54) is 38.2 Å². The molecule has 1 spiro atoms. The maximum absolute atomic E-state index is 12.1. The summed E-state index contributed by atoms with van der Waals surface area (Å²) in [7, 11) is 0. The number of fused-ring (bicyclic) bond motifs is 3. The minimum atomic E-state index is -1.07. The molecule has 12 nitrogen and oxygen atoms in total. The van der Waals surface area contributed by atoms with Crippen molar-refractivity contribution in [3.63, 3.8) is 0 Å². The molecule has 222 valence electrons. The smallest absolute Gasteiger partial charge is 0.303 e. The van der Waals surface area contributed by atoms with Gasteiger partial charge in [0.15, 0.2) is 35.4 Å². The van der Waals surface area contributed by atoms with Gasteiger partial charge in [0.25, 0.3) is 0 Å². The number of rotatable bonds is 6. The van der Waals surface area contributed by atoms with Crippen molar-refractivity contribution < 1.29 is 33.3 Å². The Labute approximate surface area is 247 Å². The summed E-state index contributed by atoms with van der Waals surface area (Å²) < 4.78 is 24.0. The molecule has 13 heteroatoms. The van der Waals surface area contributed by atoms with Gasteiger partial charge in [0.05, 0.1) is 6.33 Å². The molecule has 2 saturated heterocycles. The number of imidazole rings is 1. The molecule has 0 radical (unpaired) electrons. The third-order valence-electron chi connectivity index (χ3n) is 8.33. The summed E-state index contributed by atoms with van der Waals surface area (Å²) in [5.74, 6) is -1.14. The number of carbonyl (C=O) groups is 3. The van der Waals surface area contributed by atoms with Gasteiger partial charge in [0, 0.05) is 39.3 Å². The molecular formula is C29H32ClN5O7. The van der Waals surface area contributed by atoms with Crippen LogP contribution in [0.3, 0.4) is 0 Å². The molecule has 3 aliphatic rings. The van der Waals surface area contributed by atoms with Crippen LogP contribution in [-0.2, 0) is 45.2 Å². The summed E-state index contributed by atoms with van der Waals surface area (Å²) >= 11 is 6.48. The fourth-order valence-electron chi connectivity index (χ4n) is 6.68. The summed E-state index contributed by atoms with van der Waals surface area (Å²) in [5.41, 5.74) is 3.71. The number of benzene rings is 1. The van der Waals surface area contributed by atoms with Crippen LogP contribution in [0.25, 0.3) is 11.2 Å². The predicted octanol–water partition coefficient (Wildman–Crippen LogP) is 3.29. The molecule has 42 heavy (non-hydrogen) atoms. The maximum atomic E-state index is 12.1. The third-order valence-corrected chi connectivity index (χ3v) is 8.50. The van der Waals surface area contributed by atoms with Crippen LogP contribution >= 0.6 is 11.6 Å². The molecule has 6 rings (SSSR count). The molecule has 2 fully saturated rings. The van der Waals surface area contributed by atoms with Crippen molar-refractivity contribution in [2.75, 3.05) is 24.6 Å². The Morgan fingerprint density at radius 2 is 1.81 bits per heavy atom. The standard InChI is InChI=1S/C29H32ClN5O7/c1-16(36)39-13-21-23(40-17(2)37)24(41-18(3)38)27(42-21)35-15-31-22-25(32-28(30)33-26(22)35)34-12-11-29(14-34)10-6-8-19-7-4-5-9-20(19)29/h4-5,7,9,15,21,23-24,27H,6,8,10-14H2,1-3H3/t21-,23?,24?,27-,29?/m1/s1. The number of hydrogen-bond donors (Lipinski definition) is 0. The van der Waals surface area contributed by atoms with Gasteiger partial charge in [-0.3, -0.25) is 19.0 Å². The Bertz CT molecular complexity index is 1550. The van der Waals surface area contributed by atoms with Crippen LogP contribution in [0.1, 0.15) is 57.4 Å². The molecule has 0 N–H and O–H groups in total. The third kappa shape index (κ3) is 5.17. The van der Waals surface area contributed by atoms with Gasteiger partial charge in [-0.25, -0.2) is 4.98 Å². The molecule has 1 aromatic carbocycles. The number of aromatic nitrogens is 4. The molecule has 0 saturated carbocycles. The van der Waals surface area contributed by atoms with E-state index in [0.29, 0.717) is 17.0 Å². The van der Waals surface area contributed by atoms with E-state index in [-0.39, 0.29) is 17.3 Å². The second-order valence-corrected chi connectivity index (χ2v) is 11.5. The van der Waals surface area contributed by atoms with Gasteiger partial charge in [-0.1, -0.05) is 24.3 Å². The highest BCUT2D eigenvalue weighted by atomic mass is 35.5. The first kappa shape index (κ1) is 28.4. The van der Waals surface area contributed by atoms with Gasteiger partial charge in [0.2, 0.25) is 5.28 Å². The lowest BCUT2D eigenvalue weighted by Crippen LogP contribution is -2.40. The summed E-state index contributed by atoms with van der Waals surface area (Å²) in [6.07, 6.45) is 1.78. The number of halogens is 1. The lowest BCUT2D eigenvalue weighted by molar-refractivity contribution is -0.166. The molecule has 1 aliphatic carbocycles. The topological polar surface area (TPSA) is 135 Å². The maximum Gasteiger partial charge on any atom is 0.303 e. The average Bonchev–Trinajstić information content (AvgIpc) is 3.64. The molecule has 3 unspecified atom stereocenters. The SMILES string of the molecule is CC(=O)OC[C@H]1O[C@@H](n2cnc3c(N4CCC5(CCCc6ccccc65)C4)nc(Cl)nc32)C(OC(C)=O)C1OC(C)=O. The number of ether oxygens (including phenoxy) is 4. The van der Waals surface area contributed by atoms with Crippen LogP contribution in [-0.4, -0.2) is 75.4 Å². The van der Waals surface area contributed by atoms with Gasteiger partial charge in [-0.15, -0.1) is 0 Å². The molecule has 2 aliphatic heterocycles. The second kappa shape index (κ2) is 11.1. The molecule has 4 heterocycles. The van der Waals surface area contributed by atoms with Gasteiger partial charge in [0.1, 0.15) is 12.7 Å². The fourth-order valence-corrected chi connectivity index (χ4v) is 6.84. The number of hydrogen-bond acceptors (Lipinski definition) is 11. The van der Waals surface area contributed by atoms with Crippen molar-refractivity contribution in [2.24, 2.45) is 0 Å². The lowest BCUT2D eigenvalue weighted by atomic mass is 9.69. The fraction of sp³-hybridized carbons (Fsp3) is 0.517. The number of aryl methyl sites for hydroxylation is 1. The van der Waals surface area contributed by atoms with Crippen molar-refractivity contribution in [2.45, 2.75) is 76.4 Å². The van der Waals surface area contributed by atoms with Crippen molar-refractivity contribution in [1.29, 1.82) is 0 Å². The Balaban J connectivity index is 1.36. The summed E-state index contributed by atoms with van der Waals surface area (Å²) in [5, 5.41) is 0.0271. The van der Waals surface area contributed by atoms with Gasteiger partial charge < -0.3 is 23.8 Å². The minimum Gasteiger partial charge on any atom is -0.463 e. The van der Waals surface area contributed by atoms with Crippen LogP contribution in [0.15, 0.2) is 30.6 Å². The number of carbonyl (C=O) groups excluding carboxylic acids is 3. The first-order valence-corrected chi connectivity index (χ1v) is 14.4.